The highest BCUT2D eigenvalue weighted by atomic mass is 16.8. The summed E-state index contributed by atoms with van der Waals surface area (Å²) in [5.74, 6) is -4.66. The van der Waals surface area contributed by atoms with Crippen LogP contribution in [0.4, 0.5) is 0 Å². The number of nitrogens with zero attached hydrogens (tertiary/aromatic N) is 3. The van der Waals surface area contributed by atoms with E-state index in [0.29, 0.717) is 49.6 Å². The van der Waals surface area contributed by atoms with Crippen LogP contribution in [0.15, 0.2) is 48.6 Å². The lowest BCUT2D eigenvalue weighted by atomic mass is 9.88. The van der Waals surface area contributed by atoms with E-state index in [1.165, 1.54) is 11.8 Å². The van der Waals surface area contributed by atoms with Crippen LogP contribution in [0.5, 0.6) is 0 Å². The summed E-state index contributed by atoms with van der Waals surface area (Å²) in [5.41, 5.74) is -1.43. The number of aromatic nitrogens is 3. The number of hydrogen-bond donors (Lipinski definition) is 6. The van der Waals surface area contributed by atoms with Gasteiger partial charge in [-0.05, 0) is 137 Å². The second-order valence-electron chi connectivity index (χ2n) is 20.1. The van der Waals surface area contributed by atoms with Crippen LogP contribution in [0, 0.1) is 27.6 Å². The number of aliphatic hydroxyl groups is 2. The summed E-state index contributed by atoms with van der Waals surface area (Å²) < 4.78 is 23.0. The van der Waals surface area contributed by atoms with Crippen LogP contribution in [-0.2, 0) is 42.9 Å². The quantitative estimate of drug-likeness (QED) is 0.161. The molecule has 6 unspecified atom stereocenters. The van der Waals surface area contributed by atoms with E-state index >= 15 is 0 Å². The highest BCUT2D eigenvalue weighted by molar-refractivity contribution is 5.79. The fourth-order valence-corrected chi connectivity index (χ4v) is 9.11. The SMILES string of the molecule is CC1(C(=O)O)CC(O)C(O)C1.CC1(C(=O)O)CC=CC1.CC1(C)OC2CC(C)(C(=O)O)CC2O1.CC1(C)OC2CC(C)(C(=O)On3nnc4ccccc43)CC2O1.O=C(O)C1CC=CC1. The van der Waals surface area contributed by atoms with Crippen molar-refractivity contribution in [2.75, 3.05) is 0 Å². The van der Waals surface area contributed by atoms with Gasteiger partial charge >= 0.3 is 29.8 Å². The maximum Gasteiger partial charge on any atom is 0.341 e. The van der Waals surface area contributed by atoms with Crippen LogP contribution in [-0.4, -0.2) is 124 Å². The van der Waals surface area contributed by atoms with Crippen LogP contribution in [0.1, 0.15) is 120 Å². The molecule has 65 heavy (non-hydrogen) atoms. The van der Waals surface area contributed by atoms with Gasteiger partial charge < -0.3 is 54.4 Å². The summed E-state index contributed by atoms with van der Waals surface area (Å²) in [6.45, 7) is 14.5. The molecule has 2 saturated heterocycles. The Morgan fingerprint density at radius 1 is 0.585 bits per heavy atom. The average Bonchev–Trinajstić information content (AvgIpc) is 4.08. The minimum absolute atomic E-state index is 0.0499. The van der Waals surface area contributed by atoms with Crippen molar-refractivity contribution in [2.45, 2.75) is 168 Å². The first-order chi connectivity index (χ1) is 30.1. The molecule has 0 radical (unpaired) electrons. The van der Waals surface area contributed by atoms with Crippen molar-refractivity contribution >= 4 is 40.9 Å². The second-order valence-corrected chi connectivity index (χ2v) is 20.1. The number of carboxylic acids is 4. The summed E-state index contributed by atoms with van der Waals surface area (Å²) in [7, 11) is 0. The molecule has 3 heterocycles. The predicted octanol–water partition coefficient (Wildman–Crippen LogP) is 5.16. The molecule has 2 aliphatic heterocycles. The Labute approximate surface area is 377 Å². The first-order valence-corrected chi connectivity index (χ1v) is 21.9. The van der Waals surface area contributed by atoms with Crippen molar-refractivity contribution in [3.05, 3.63) is 48.6 Å². The first kappa shape index (κ1) is 51.2. The molecular formula is C46H65N3O16. The molecule has 0 spiro atoms. The maximum absolute atomic E-state index is 12.6. The number of carboxylic acid groups (broad SMARTS) is 4. The fraction of sp³-hybridized carbons (Fsp3) is 0.674. The second kappa shape index (κ2) is 19.6. The van der Waals surface area contributed by atoms with Crippen LogP contribution < -0.4 is 4.84 Å². The van der Waals surface area contributed by atoms with Gasteiger partial charge in [0.05, 0.1) is 64.2 Å². The lowest BCUT2D eigenvalue weighted by Crippen LogP contribution is -2.36. The van der Waals surface area contributed by atoms with Gasteiger partial charge in [-0.15, -0.1) is 5.10 Å². The third kappa shape index (κ3) is 12.4. The van der Waals surface area contributed by atoms with Gasteiger partial charge in [0, 0.05) is 0 Å². The van der Waals surface area contributed by atoms with Crippen molar-refractivity contribution in [1.29, 1.82) is 0 Å². The Hall–Kier alpha value is -4.79. The summed E-state index contributed by atoms with van der Waals surface area (Å²) in [5, 5.41) is 60.8. The van der Waals surface area contributed by atoms with Gasteiger partial charge in [-0.25, -0.2) is 4.79 Å². The van der Waals surface area contributed by atoms with E-state index in [1.807, 2.05) is 83.2 Å². The largest absolute Gasteiger partial charge is 0.481 e. The van der Waals surface area contributed by atoms with Gasteiger partial charge in [0.15, 0.2) is 11.6 Å². The third-order valence-electron chi connectivity index (χ3n) is 13.1. The summed E-state index contributed by atoms with van der Waals surface area (Å²) in [6, 6.07) is 7.34. The third-order valence-corrected chi connectivity index (χ3v) is 13.1. The Morgan fingerprint density at radius 2 is 0.985 bits per heavy atom. The first-order valence-electron chi connectivity index (χ1n) is 21.9. The van der Waals surface area contributed by atoms with E-state index in [4.69, 9.17) is 54.4 Å². The van der Waals surface area contributed by atoms with Crippen LogP contribution in [0.25, 0.3) is 11.0 Å². The Kier molecular flexibility index (Phi) is 15.4. The summed E-state index contributed by atoms with van der Waals surface area (Å²) in [4.78, 5) is 61.5. The topological polar surface area (TPSA) is 284 Å². The van der Waals surface area contributed by atoms with Crippen LogP contribution in [0.2, 0.25) is 0 Å². The molecule has 0 amide bonds. The zero-order valence-corrected chi connectivity index (χ0v) is 38.3. The number of carbonyl (C=O) groups excluding carboxylic acids is 1. The number of carbonyl (C=O) groups is 5. The van der Waals surface area contributed by atoms with Crippen molar-refractivity contribution in [1.82, 2.24) is 15.2 Å². The zero-order chi connectivity index (χ0) is 48.3. The number of allylic oxidation sites excluding steroid dienone is 4. The average molecular weight is 916 g/mol. The van der Waals surface area contributed by atoms with E-state index in [1.54, 1.807) is 13.8 Å². The normalized spacial score (nSPS) is 34.1. The van der Waals surface area contributed by atoms with Crippen LogP contribution >= 0.6 is 0 Å². The molecule has 2 aromatic rings. The number of aliphatic carboxylic acids is 4. The smallest absolute Gasteiger partial charge is 0.341 e. The number of rotatable bonds is 6. The Morgan fingerprint density at radius 3 is 1.35 bits per heavy atom. The number of fused-ring (bicyclic) bond motifs is 3. The zero-order valence-electron chi connectivity index (χ0n) is 38.3. The molecule has 5 fully saturated rings. The minimum Gasteiger partial charge on any atom is -0.481 e. The monoisotopic (exact) mass is 915 g/mol. The van der Waals surface area contributed by atoms with E-state index in [-0.39, 0.29) is 49.1 Å². The maximum atomic E-state index is 12.6. The van der Waals surface area contributed by atoms with Crippen molar-refractivity contribution < 1.29 is 78.4 Å². The lowest BCUT2D eigenvalue weighted by Gasteiger charge is -2.25. The molecule has 3 saturated carbocycles. The van der Waals surface area contributed by atoms with E-state index in [9.17, 15) is 24.0 Å². The molecule has 7 aliphatic rings. The molecule has 19 nitrogen and oxygen atoms in total. The van der Waals surface area contributed by atoms with Gasteiger partial charge in [-0.3, -0.25) is 19.2 Å². The number of aliphatic hydroxyl groups excluding tert-OH is 2. The number of ether oxygens (including phenoxy) is 4. The molecule has 6 N–H and O–H groups in total. The van der Waals surface area contributed by atoms with E-state index < -0.39 is 69.3 Å². The van der Waals surface area contributed by atoms with E-state index in [2.05, 4.69) is 10.3 Å². The molecular weight excluding hydrogens is 851 g/mol. The van der Waals surface area contributed by atoms with Gasteiger partial charge in [-0.2, -0.15) is 0 Å². The van der Waals surface area contributed by atoms with Gasteiger partial charge in [0.25, 0.3) is 0 Å². The number of hydrogen-bond acceptors (Lipinski definition) is 14. The molecule has 19 heteroatoms. The Balaban J connectivity index is 0.000000163. The highest BCUT2D eigenvalue weighted by Crippen LogP contribution is 2.49. The molecule has 0 bridgehead atoms. The van der Waals surface area contributed by atoms with Crippen molar-refractivity contribution in [3.8, 4) is 0 Å². The van der Waals surface area contributed by atoms with E-state index in [0.717, 1.165) is 12.8 Å². The molecule has 1 aromatic carbocycles. The number of benzene rings is 1. The van der Waals surface area contributed by atoms with Crippen molar-refractivity contribution in [2.24, 2.45) is 27.6 Å². The molecule has 6 atom stereocenters. The summed E-state index contributed by atoms with van der Waals surface area (Å²) in [6.07, 6.45) is 11.0. The van der Waals surface area contributed by atoms with Gasteiger partial charge in [0.2, 0.25) is 0 Å². The standard InChI is InChI=1S/C16H19N3O4.C10H16O4.C7H12O4.C7H10O2.C6H8O2/c1-15(2)21-12-8-16(3,9-13(12)22-15)14(20)23-19-11-7-5-4-6-10(11)17-18-19;1-9(2)13-6-4-10(3,8(11)12)5-7(6)14-9;1-7(6(10)11)2-4(8)5(9)3-7;1-7(6(8)9)4-2-3-5-7;7-6(8)5-3-1-2-4-5/h4-7,12-13H,8-9H2,1-3H3;6-7H,4-5H2,1-3H3,(H,11,12);4-5,8-9H,2-3H2,1H3,(H,10,11);2-3H,4-5H2,1H3,(H,8,9);1-2,5H,3-4H2,(H,7,8). The molecule has 5 aliphatic carbocycles. The summed E-state index contributed by atoms with van der Waals surface area (Å²) >= 11 is 0. The molecule has 1 aromatic heterocycles. The molecule has 9 rings (SSSR count). The fourth-order valence-electron chi connectivity index (χ4n) is 9.11. The highest BCUT2D eigenvalue weighted by Gasteiger charge is 2.57. The Bertz CT molecular complexity index is 2070. The van der Waals surface area contributed by atoms with Crippen molar-refractivity contribution in [3.63, 3.8) is 0 Å². The van der Waals surface area contributed by atoms with Gasteiger partial charge in [0.1, 0.15) is 11.0 Å². The van der Waals surface area contributed by atoms with Gasteiger partial charge in [-0.1, -0.05) is 41.3 Å². The minimum atomic E-state index is -0.951. The lowest BCUT2D eigenvalue weighted by molar-refractivity contribution is -0.172. The number of para-hydroxylation sites is 1. The predicted molar refractivity (Wildman–Crippen MR) is 230 cm³/mol. The molecule has 360 valence electrons. The van der Waals surface area contributed by atoms with Crippen LogP contribution in [0.3, 0.4) is 0 Å².